The van der Waals surface area contributed by atoms with E-state index in [1.165, 1.54) is 6.42 Å². The average molecular weight is 472 g/mol. The summed E-state index contributed by atoms with van der Waals surface area (Å²) in [5, 5.41) is 0.747. The van der Waals surface area contributed by atoms with Crippen molar-refractivity contribution in [3.63, 3.8) is 0 Å². The van der Waals surface area contributed by atoms with E-state index >= 15 is 0 Å². The van der Waals surface area contributed by atoms with Crippen molar-refractivity contribution < 1.29 is 9.59 Å². The molecule has 180 valence electrons. The molecule has 0 unspecified atom stereocenters. The molecular weight excluding hydrogens is 434 g/mol. The van der Waals surface area contributed by atoms with E-state index < -0.39 is 5.41 Å². The van der Waals surface area contributed by atoms with Gasteiger partial charge in [-0.1, -0.05) is 69.8 Å². The van der Waals surface area contributed by atoms with Gasteiger partial charge in [0.25, 0.3) is 0 Å². The Balaban J connectivity index is 1.81. The van der Waals surface area contributed by atoms with Crippen LogP contribution < -0.4 is 0 Å². The molecule has 3 rings (SSSR count). The van der Waals surface area contributed by atoms with E-state index in [9.17, 15) is 9.59 Å². The van der Waals surface area contributed by atoms with Crippen LogP contribution in [0.2, 0.25) is 5.02 Å². The Morgan fingerprint density at radius 1 is 1.06 bits per heavy atom. The quantitative estimate of drug-likeness (QED) is 0.492. The van der Waals surface area contributed by atoms with Crippen LogP contribution >= 0.6 is 11.6 Å². The topological polar surface area (TPSA) is 45.6 Å². The number of hydrogen-bond acceptors (Lipinski definition) is 2. The van der Waals surface area contributed by atoms with Crippen LogP contribution in [0.1, 0.15) is 71.1 Å². The third-order valence-corrected chi connectivity index (χ3v) is 6.90. The first kappa shape index (κ1) is 25.4. The lowest BCUT2D eigenvalue weighted by atomic mass is 9.93. The standard InChI is InChI=1S/C27H38ClN3O2/c1-5-29(26(33)27(2,3)4)20-25(32)31(22-13-7-6-8-14-22)19-23-15-11-17-30(23)18-21-12-9-10-16-24(21)28/h9-12,15-17,22H,5-8,13-14,18-20H2,1-4H3. The van der Waals surface area contributed by atoms with Crippen molar-refractivity contribution in [3.8, 4) is 0 Å². The average Bonchev–Trinajstić information content (AvgIpc) is 3.23. The Bertz CT molecular complexity index is 941. The van der Waals surface area contributed by atoms with Crippen molar-refractivity contribution in [2.24, 2.45) is 5.41 Å². The normalized spacial score (nSPS) is 14.8. The summed E-state index contributed by atoms with van der Waals surface area (Å²) in [4.78, 5) is 30.2. The van der Waals surface area contributed by atoms with Crippen LogP contribution in [-0.2, 0) is 22.7 Å². The molecule has 1 aromatic carbocycles. The second kappa shape index (κ2) is 11.2. The molecule has 1 aliphatic carbocycles. The van der Waals surface area contributed by atoms with Gasteiger partial charge in [0.1, 0.15) is 0 Å². The molecule has 0 N–H and O–H groups in total. The number of rotatable bonds is 8. The zero-order valence-electron chi connectivity index (χ0n) is 20.5. The van der Waals surface area contributed by atoms with Crippen molar-refractivity contribution in [2.45, 2.75) is 78.9 Å². The summed E-state index contributed by atoms with van der Waals surface area (Å²) in [6.07, 6.45) is 7.61. The van der Waals surface area contributed by atoms with Crippen molar-refractivity contribution in [3.05, 3.63) is 58.9 Å². The van der Waals surface area contributed by atoms with Crippen LogP contribution in [0.5, 0.6) is 0 Å². The molecule has 0 spiro atoms. The third kappa shape index (κ3) is 6.63. The van der Waals surface area contributed by atoms with Crippen LogP contribution in [-0.4, -0.2) is 45.3 Å². The molecule has 0 atom stereocenters. The Labute approximate surface area is 203 Å². The highest BCUT2D eigenvalue weighted by molar-refractivity contribution is 6.31. The summed E-state index contributed by atoms with van der Waals surface area (Å²) in [6, 6.07) is 12.2. The van der Waals surface area contributed by atoms with E-state index in [2.05, 4.69) is 10.6 Å². The van der Waals surface area contributed by atoms with Gasteiger partial charge < -0.3 is 14.4 Å². The zero-order valence-corrected chi connectivity index (χ0v) is 21.3. The molecule has 1 heterocycles. The monoisotopic (exact) mass is 471 g/mol. The first-order chi connectivity index (χ1) is 15.7. The second-order valence-electron chi connectivity index (χ2n) is 10.1. The summed E-state index contributed by atoms with van der Waals surface area (Å²) in [5.74, 6) is 0.0517. The van der Waals surface area contributed by atoms with Gasteiger partial charge in [-0.2, -0.15) is 0 Å². The van der Waals surface area contributed by atoms with Gasteiger partial charge in [0.15, 0.2) is 0 Å². The van der Waals surface area contributed by atoms with Crippen LogP contribution in [0, 0.1) is 5.41 Å². The van der Waals surface area contributed by atoms with Crippen molar-refractivity contribution in [1.82, 2.24) is 14.4 Å². The molecule has 1 aliphatic rings. The molecule has 2 amide bonds. The van der Waals surface area contributed by atoms with Crippen LogP contribution in [0.3, 0.4) is 0 Å². The fraction of sp³-hybridized carbons (Fsp3) is 0.556. The van der Waals surface area contributed by atoms with Gasteiger partial charge in [0, 0.05) is 41.5 Å². The van der Waals surface area contributed by atoms with Crippen LogP contribution in [0.25, 0.3) is 0 Å². The van der Waals surface area contributed by atoms with Crippen molar-refractivity contribution >= 4 is 23.4 Å². The van der Waals surface area contributed by atoms with E-state index in [4.69, 9.17) is 11.6 Å². The maximum absolute atomic E-state index is 13.6. The number of aromatic nitrogens is 1. The minimum Gasteiger partial charge on any atom is -0.345 e. The lowest BCUT2D eigenvalue weighted by Gasteiger charge is -2.37. The summed E-state index contributed by atoms with van der Waals surface area (Å²) in [6.45, 7) is 9.53. The molecule has 1 aromatic heterocycles. The van der Waals surface area contributed by atoms with Gasteiger partial charge in [0.05, 0.1) is 13.1 Å². The number of carbonyl (C=O) groups excluding carboxylic acids is 2. The summed E-state index contributed by atoms with van der Waals surface area (Å²) < 4.78 is 2.17. The molecule has 1 saturated carbocycles. The molecule has 0 radical (unpaired) electrons. The highest BCUT2D eigenvalue weighted by Crippen LogP contribution is 2.26. The highest BCUT2D eigenvalue weighted by Gasteiger charge is 2.31. The third-order valence-electron chi connectivity index (χ3n) is 6.53. The lowest BCUT2D eigenvalue weighted by molar-refractivity contribution is -0.147. The maximum Gasteiger partial charge on any atom is 0.242 e. The molecule has 0 bridgehead atoms. The van der Waals surface area contributed by atoms with E-state index in [1.54, 1.807) is 4.90 Å². The van der Waals surface area contributed by atoms with Gasteiger partial charge in [-0.05, 0) is 43.5 Å². The molecule has 33 heavy (non-hydrogen) atoms. The summed E-state index contributed by atoms with van der Waals surface area (Å²) in [7, 11) is 0. The number of halogens is 1. The van der Waals surface area contributed by atoms with Gasteiger partial charge in [-0.15, -0.1) is 0 Å². The number of likely N-dealkylation sites (N-methyl/N-ethyl adjacent to an activating group) is 1. The first-order valence-corrected chi connectivity index (χ1v) is 12.5. The highest BCUT2D eigenvalue weighted by atomic mass is 35.5. The number of carbonyl (C=O) groups is 2. The molecule has 1 fully saturated rings. The SMILES string of the molecule is CCN(CC(=O)N(Cc1cccn1Cc1ccccc1Cl)C1CCCCC1)C(=O)C(C)(C)C. The first-order valence-electron chi connectivity index (χ1n) is 12.2. The Morgan fingerprint density at radius 3 is 2.39 bits per heavy atom. The van der Waals surface area contributed by atoms with Gasteiger partial charge in [-0.3, -0.25) is 9.59 Å². The number of hydrogen-bond donors (Lipinski definition) is 0. The summed E-state index contributed by atoms with van der Waals surface area (Å²) >= 11 is 6.40. The minimum absolute atomic E-state index is 0.0176. The van der Waals surface area contributed by atoms with E-state index in [0.29, 0.717) is 19.6 Å². The van der Waals surface area contributed by atoms with Gasteiger partial charge >= 0.3 is 0 Å². The second-order valence-corrected chi connectivity index (χ2v) is 10.5. The van der Waals surface area contributed by atoms with Crippen LogP contribution in [0.15, 0.2) is 42.6 Å². The zero-order chi connectivity index (χ0) is 24.0. The Kier molecular flexibility index (Phi) is 8.63. The molecule has 2 aromatic rings. The molecular formula is C27H38ClN3O2. The fourth-order valence-electron chi connectivity index (χ4n) is 4.60. The van der Waals surface area contributed by atoms with Crippen molar-refractivity contribution in [2.75, 3.05) is 13.1 Å². The van der Waals surface area contributed by atoms with E-state index in [-0.39, 0.29) is 24.4 Å². The lowest BCUT2D eigenvalue weighted by Crippen LogP contribution is -2.49. The molecule has 0 saturated heterocycles. The maximum atomic E-state index is 13.6. The van der Waals surface area contributed by atoms with Gasteiger partial charge in [0.2, 0.25) is 11.8 Å². The predicted octanol–water partition coefficient (Wildman–Crippen LogP) is 5.75. The largest absolute Gasteiger partial charge is 0.345 e. The molecule has 5 nitrogen and oxygen atoms in total. The van der Waals surface area contributed by atoms with Crippen LogP contribution in [0.4, 0.5) is 0 Å². The number of nitrogens with zero attached hydrogens (tertiary/aromatic N) is 3. The Morgan fingerprint density at radius 2 is 1.76 bits per heavy atom. The predicted molar refractivity (Wildman–Crippen MR) is 134 cm³/mol. The van der Waals surface area contributed by atoms with E-state index in [0.717, 1.165) is 42.0 Å². The molecule has 6 heteroatoms. The molecule has 0 aliphatic heterocycles. The minimum atomic E-state index is -0.504. The van der Waals surface area contributed by atoms with E-state index in [1.807, 2.05) is 69.1 Å². The van der Waals surface area contributed by atoms with Crippen molar-refractivity contribution in [1.29, 1.82) is 0 Å². The Hall–Kier alpha value is -2.27. The fourth-order valence-corrected chi connectivity index (χ4v) is 4.80. The number of benzene rings is 1. The van der Waals surface area contributed by atoms with Gasteiger partial charge in [-0.25, -0.2) is 0 Å². The smallest absolute Gasteiger partial charge is 0.242 e. The summed E-state index contributed by atoms with van der Waals surface area (Å²) in [5.41, 5.74) is 1.63. The number of amides is 2.